The van der Waals surface area contributed by atoms with Crippen molar-refractivity contribution in [3.05, 3.63) is 40.0 Å². The first kappa shape index (κ1) is 17.6. The van der Waals surface area contributed by atoms with Crippen molar-refractivity contribution in [3.63, 3.8) is 0 Å². The monoisotopic (exact) mass is 386 g/mol. The van der Waals surface area contributed by atoms with E-state index in [4.69, 9.17) is 9.47 Å². The lowest BCUT2D eigenvalue weighted by Crippen LogP contribution is -2.06. The minimum absolute atomic E-state index is 0.185. The van der Waals surface area contributed by atoms with Gasteiger partial charge < -0.3 is 14.6 Å². The molecule has 0 aliphatic heterocycles. The van der Waals surface area contributed by atoms with Crippen molar-refractivity contribution in [2.24, 2.45) is 0 Å². The zero-order valence-electron chi connectivity index (χ0n) is 12.6. The molecular formula is C15H16BrFN2O4. The van der Waals surface area contributed by atoms with Gasteiger partial charge in [-0.3, -0.25) is 4.40 Å². The molecular weight excluding hydrogens is 371 g/mol. The Morgan fingerprint density at radius 2 is 2.26 bits per heavy atom. The minimum Gasteiger partial charge on any atom is -0.463 e. The van der Waals surface area contributed by atoms with Crippen LogP contribution >= 0.6 is 15.9 Å². The highest BCUT2D eigenvalue weighted by atomic mass is 79.9. The van der Waals surface area contributed by atoms with Gasteiger partial charge in [0.15, 0.2) is 0 Å². The van der Waals surface area contributed by atoms with Crippen molar-refractivity contribution >= 4 is 33.6 Å². The number of aliphatic hydroxyl groups is 1. The molecule has 23 heavy (non-hydrogen) atoms. The summed E-state index contributed by atoms with van der Waals surface area (Å²) >= 11 is 3.10. The van der Waals surface area contributed by atoms with E-state index >= 15 is 0 Å². The van der Waals surface area contributed by atoms with Gasteiger partial charge in [-0.2, -0.15) is 0 Å². The van der Waals surface area contributed by atoms with Crippen molar-refractivity contribution in [2.75, 3.05) is 13.2 Å². The Kier molecular flexibility index (Phi) is 5.86. The third-order valence-electron chi connectivity index (χ3n) is 2.95. The van der Waals surface area contributed by atoms with E-state index in [0.29, 0.717) is 5.69 Å². The van der Waals surface area contributed by atoms with Crippen molar-refractivity contribution in [2.45, 2.75) is 20.1 Å². The molecule has 124 valence electrons. The first-order chi connectivity index (χ1) is 11.0. The summed E-state index contributed by atoms with van der Waals surface area (Å²) in [6.45, 7) is 3.95. The Labute approximate surface area is 140 Å². The molecule has 0 spiro atoms. The highest BCUT2D eigenvalue weighted by Crippen LogP contribution is 2.25. The highest BCUT2D eigenvalue weighted by Gasteiger charge is 2.19. The number of esters is 1. The summed E-state index contributed by atoms with van der Waals surface area (Å²) in [4.78, 5) is 15.7. The van der Waals surface area contributed by atoms with Gasteiger partial charge in [0.1, 0.15) is 17.2 Å². The molecule has 0 amide bonds. The minimum atomic E-state index is -1.29. The van der Waals surface area contributed by atoms with Gasteiger partial charge in [0, 0.05) is 24.9 Å². The lowest BCUT2D eigenvalue weighted by Gasteiger charge is -2.08. The summed E-state index contributed by atoms with van der Waals surface area (Å²) < 4.78 is 25.4. The summed E-state index contributed by atoms with van der Waals surface area (Å²) in [6, 6.07) is 1.22. The van der Waals surface area contributed by atoms with Gasteiger partial charge in [0.2, 0.25) is 6.29 Å². The molecule has 1 atom stereocenters. The molecule has 0 aromatic carbocycles. The predicted octanol–water partition coefficient (Wildman–Crippen LogP) is 2.84. The second kappa shape index (κ2) is 7.67. The number of ether oxygens (including phenoxy) is 2. The predicted molar refractivity (Wildman–Crippen MR) is 85.1 cm³/mol. The molecule has 0 aliphatic carbocycles. The van der Waals surface area contributed by atoms with Crippen LogP contribution in [0.4, 0.5) is 4.39 Å². The van der Waals surface area contributed by atoms with Crippen LogP contribution in [-0.4, -0.2) is 33.7 Å². The molecule has 2 rings (SSSR count). The van der Waals surface area contributed by atoms with Crippen LogP contribution in [0.2, 0.25) is 0 Å². The molecule has 6 nitrogen and oxygen atoms in total. The van der Waals surface area contributed by atoms with Crippen LogP contribution in [0.15, 0.2) is 22.8 Å². The number of imidazole rings is 1. The average molecular weight is 387 g/mol. The maximum Gasteiger partial charge on any atom is 0.330 e. The second-order valence-electron chi connectivity index (χ2n) is 4.47. The van der Waals surface area contributed by atoms with Gasteiger partial charge in [-0.25, -0.2) is 14.2 Å². The summed E-state index contributed by atoms with van der Waals surface area (Å²) in [5.41, 5.74) is 0.863. The fraction of sp³-hybridized carbons (Fsp3) is 0.333. The van der Waals surface area contributed by atoms with E-state index in [1.807, 2.05) is 0 Å². The lowest BCUT2D eigenvalue weighted by atomic mass is 10.3. The molecule has 0 saturated carbocycles. The molecule has 0 bridgehead atoms. The number of pyridine rings is 1. The number of rotatable bonds is 6. The van der Waals surface area contributed by atoms with E-state index < -0.39 is 18.1 Å². The smallest absolute Gasteiger partial charge is 0.330 e. The van der Waals surface area contributed by atoms with Crippen LogP contribution in [0.25, 0.3) is 11.7 Å². The van der Waals surface area contributed by atoms with E-state index in [-0.39, 0.29) is 29.0 Å². The van der Waals surface area contributed by atoms with Gasteiger partial charge in [0.25, 0.3) is 0 Å². The number of aromatic nitrogens is 2. The first-order valence-corrected chi connectivity index (χ1v) is 7.78. The highest BCUT2D eigenvalue weighted by molar-refractivity contribution is 9.10. The van der Waals surface area contributed by atoms with Gasteiger partial charge in [0.05, 0.1) is 16.8 Å². The summed E-state index contributed by atoms with van der Waals surface area (Å²) in [7, 11) is 0. The molecule has 8 heteroatoms. The van der Waals surface area contributed by atoms with Crippen LogP contribution in [0.3, 0.4) is 0 Å². The average Bonchev–Trinajstić information content (AvgIpc) is 2.84. The third kappa shape index (κ3) is 3.95. The number of carbonyl (C=O) groups excluding carboxylic acids is 1. The van der Waals surface area contributed by atoms with E-state index in [9.17, 15) is 14.3 Å². The first-order valence-electron chi connectivity index (χ1n) is 6.99. The normalized spacial score (nSPS) is 12.9. The molecule has 0 aliphatic rings. The SMILES string of the molecule is CCOC(=O)/C=C/c1c(C(O)OCC)nc2cc(F)c(Br)cn12. The molecule has 2 heterocycles. The van der Waals surface area contributed by atoms with Crippen molar-refractivity contribution in [1.29, 1.82) is 0 Å². The van der Waals surface area contributed by atoms with Crippen LogP contribution in [0, 0.1) is 5.82 Å². The number of nitrogens with zero attached hydrogens (tertiary/aromatic N) is 2. The number of hydrogen-bond acceptors (Lipinski definition) is 5. The number of fused-ring (bicyclic) bond motifs is 1. The van der Waals surface area contributed by atoms with Gasteiger partial charge in [-0.05, 0) is 35.9 Å². The molecule has 1 unspecified atom stereocenters. The summed E-state index contributed by atoms with van der Waals surface area (Å²) in [5, 5.41) is 10.1. The Morgan fingerprint density at radius 1 is 1.52 bits per heavy atom. The largest absolute Gasteiger partial charge is 0.463 e. The summed E-state index contributed by atoms with van der Waals surface area (Å²) in [5.74, 6) is -1.01. The molecule has 0 radical (unpaired) electrons. The molecule has 2 aromatic heterocycles. The van der Waals surface area contributed by atoms with Crippen LogP contribution in [0.1, 0.15) is 31.5 Å². The molecule has 0 fully saturated rings. The van der Waals surface area contributed by atoms with Gasteiger partial charge in [-0.15, -0.1) is 0 Å². The second-order valence-corrected chi connectivity index (χ2v) is 5.33. The topological polar surface area (TPSA) is 73.1 Å². The quantitative estimate of drug-likeness (QED) is 0.469. The Balaban J connectivity index is 2.54. The number of halogens is 2. The lowest BCUT2D eigenvalue weighted by molar-refractivity contribution is -0.137. The number of hydrogen-bond donors (Lipinski definition) is 1. The van der Waals surface area contributed by atoms with Crippen LogP contribution in [-0.2, 0) is 14.3 Å². The van der Waals surface area contributed by atoms with Crippen LogP contribution in [0.5, 0.6) is 0 Å². The Bertz CT molecular complexity index is 745. The summed E-state index contributed by atoms with van der Waals surface area (Å²) in [6.07, 6.45) is 2.83. The van der Waals surface area contributed by atoms with Gasteiger partial charge in [-0.1, -0.05) is 0 Å². The van der Waals surface area contributed by atoms with E-state index in [1.165, 1.54) is 24.4 Å². The fourth-order valence-corrected chi connectivity index (χ4v) is 2.32. The Hall–Kier alpha value is -1.77. The van der Waals surface area contributed by atoms with Crippen molar-refractivity contribution in [3.8, 4) is 0 Å². The zero-order chi connectivity index (χ0) is 17.0. The van der Waals surface area contributed by atoms with E-state index in [1.54, 1.807) is 18.2 Å². The Morgan fingerprint density at radius 3 is 2.91 bits per heavy atom. The van der Waals surface area contributed by atoms with Crippen molar-refractivity contribution in [1.82, 2.24) is 9.38 Å². The molecule has 2 aromatic rings. The van der Waals surface area contributed by atoms with E-state index in [2.05, 4.69) is 20.9 Å². The maximum atomic E-state index is 13.7. The molecule has 1 N–H and O–H groups in total. The van der Waals surface area contributed by atoms with Crippen molar-refractivity contribution < 1.29 is 23.8 Å². The number of carbonyl (C=O) groups is 1. The standard InChI is InChI=1S/C15H16BrFN2O4/c1-3-22-13(20)6-5-11-14(15(21)23-4-2)18-12-7-10(17)9(16)8-19(11)12/h5-8,15,21H,3-4H2,1-2H3/b6-5+. The van der Waals surface area contributed by atoms with Gasteiger partial charge >= 0.3 is 5.97 Å². The third-order valence-corrected chi connectivity index (χ3v) is 3.54. The molecule has 0 saturated heterocycles. The maximum absolute atomic E-state index is 13.7. The number of aliphatic hydroxyl groups excluding tert-OH is 1. The van der Waals surface area contributed by atoms with Crippen LogP contribution < -0.4 is 0 Å². The fourth-order valence-electron chi connectivity index (χ4n) is 2.00. The zero-order valence-corrected chi connectivity index (χ0v) is 14.2. The van der Waals surface area contributed by atoms with E-state index in [0.717, 1.165) is 0 Å².